The van der Waals surface area contributed by atoms with E-state index in [2.05, 4.69) is 27.1 Å². The molecule has 3 heterocycles. The standard InChI is InChI=1S/C22H22ClF3N6O/c1-14-3-2-10-31(18(14)6-7-20-27-12-15(13-28-20)22(24,25)26)21(33)17-5-4-16(23)11-19(17)32-29-8-9-30-32/h4-5,8-9,11-14,18H,2-3,6-7,10H2,1H3/t14-,18-/m1/s1. The van der Waals surface area contributed by atoms with Gasteiger partial charge in [-0.15, -0.1) is 0 Å². The molecule has 2 aromatic heterocycles. The Labute approximate surface area is 193 Å². The molecule has 1 fully saturated rings. The Morgan fingerprint density at radius 2 is 1.88 bits per heavy atom. The van der Waals surface area contributed by atoms with Gasteiger partial charge in [0.15, 0.2) is 0 Å². The van der Waals surface area contributed by atoms with E-state index in [1.165, 1.54) is 17.2 Å². The van der Waals surface area contributed by atoms with Gasteiger partial charge in [0.05, 0.1) is 29.2 Å². The van der Waals surface area contributed by atoms with Gasteiger partial charge in [-0.3, -0.25) is 4.79 Å². The number of amides is 1. The molecular formula is C22H22ClF3N6O. The van der Waals surface area contributed by atoms with Crippen LogP contribution in [0.25, 0.3) is 5.69 Å². The second kappa shape index (κ2) is 9.46. The van der Waals surface area contributed by atoms with Crippen molar-refractivity contribution in [3.05, 3.63) is 65.0 Å². The van der Waals surface area contributed by atoms with Crippen molar-refractivity contribution in [1.29, 1.82) is 0 Å². The van der Waals surface area contributed by atoms with E-state index in [0.29, 0.717) is 41.5 Å². The number of nitrogens with zero attached hydrogens (tertiary/aromatic N) is 6. The van der Waals surface area contributed by atoms with Crippen molar-refractivity contribution in [3.63, 3.8) is 0 Å². The Morgan fingerprint density at radius 3 is 2.55 bits per heavy atom. The van der Waals surface area contributed by atoms with Crippen molar-refractivity contribution in [2.24, 2.45) is 5.92 Å². The van der Waals surface area contributed by atoms with Crippen molar-refractivity contribution in [2.75, 3.05) is 6.54 Å². The Kier molecular flexibility index (Phi) is 6.64. The summed E-state index contributed by atoms with van der Waals surface area (Å²) in [6, 6.07) is 4.86. The zero-order chi connectivity index (χ0) is 23.6. The highest BCUT2D eigenvalue weighted by atomic mass is 35.5. The van der Waals surface area contributed by atoms with Crippen LogP contribution in [0.1, 0.15) is 47.9 Å². The zero-order valence-electron chi connectivity index (χ0n) is 17.8. The van der Waals surface area contributed by atoms with Crippen molar-refractivity contribution in [2.45, 2.75) is 44.8 Å². The SMILES string of the molecule is C[C@@H]1CCCN(C(=O)c2ccc(Cl)cc2-n2nccn2)[C@@H]1CCc1ncc(C(F)(F)F)cn1. The molecular weight excluding hydrogens is 457 g/mol. The van der Waals surface area contributed by atoms with Crippen molar-refractivity contribution in [3.8, 4) is 5.69 Å². The van der Waals surface area contributed by atoms with E-state index in [9.17, 15) is 18.0 Å². The molecule has 0 spiro atoms. The van der Waals surface area contributed by atoms with Gasteiger partial charge in [0.25, 0.3) is 5.91 Å². The molecule has 1 saturated heterocycles. The molecule has 174 valence electrons. The smallest absolute Gasteiger partial charge is 0.335 e. The van der Waals surface area contributed by atoms with Crippen molar-refractivity contribution in [1.82, 2.24) is 29.9 Å². The third-order valence-electron chi connectivity index (χ3n) is 5.90. The molecule has 3 aromatic rings. The maximum atomic E-state index is 13.6. The van der Waals surface area contributed by atoms with Gasteiger partial charge in [-0.25, -0.2) is 9.97 Å². The number of likely N-dealkylation sites (tertiary alicyclic amines) is 1. The number of piperidine rings is 1. The maximum absolute atomic E-state index is 13.6. The fraction of sp³-hybridized carbons (Fsp3) is 0.409. The molecule has 33 heavy (non-hydrogen) atoms. The molecule has 1 aliphatic rings. The van der Waals surface area contributed by atoms with E-state index in [-0.39, 0.29) is 17.9 Å². The third kappa shape index (κ3) is 5.16. The molecule has 1 aliphatic heterocycles. The monoisotopic (exact) mass is 478 g/mol. The summed E-state index contributed by atoms with van der Waals surface area (Å²) < 4.78 is 38.3. The minimum atomic E-state index is -4.47. The Bertz CT molecular complexity index is 1100. The van der Waals surface area contributed by atoms with Crippen molar-refractivity contribution < 1.29 is 18.0 Å². The first kappa shape index (κ1) is 23.2. The van der Waals surface area contributed by atoms with Crippen LogP contribution in [0.4, 0.5) is 13.2 Å². The minimum absolute atomic E-state index is 0.105. The quantitative estimate of drug-likeness (QED) is 0.535. The lowest BCUT2D eigenvalue weighted by atomic mass is 9.87. The summed E-state index contributed by atoms with van der Waals surface area (Å²) in [5.41, 5.74) is 0.0395. The van der Waals surface area contributed by atoms with Crippen LogP contribution in [0.3, 0.4) is 0 Å². The largest absolute Gasteiger partial charge is 0.419 e. The molecule has 4 rings (SSSR count). The summed E-state index contributed by atoms with van der Waals surface area (Å²) >= 11 is 6.15. The molecule has 2 atom stereocenters. The zero-order valence-corrected chi connectivity index (χ0v) is 18.6. The van der Waals surface area contributed by atoms with Gasteiger partial charge < -0.3 is 4.90 Å². The minimum Gasteiger partial charge on any atom is -0.335 e. The van der Waals surface area contributed by atoms with Crippen LogP contribution in [0.15, 0.2) is 43.0 Å². The number of rotatable bonds is 5. The van der Waals surface area contributed by atoms with Gasteiger partial charge in [-0.1, -0.05) is 18.5 Å². The summed E-state index contributed by atoms with van der Waals surface area (Å²) in [6.45, 7) is 2.66. The van der Waals surface area contributed by atoms with E-state index in [1.54, 1.807) is 18.2 Å². The Hall–Kier alpha value is -3.01. The first-order valence-electron chi connectivity index (χ1n) is 10.6. The van der Waals surface area contributed by atoms with Crippen LogP contribution in [0.5, 0.6) is 0 Å². The number of hydrogen-bond acceptors (Lipinski definition) is 5. The second-order valence-corrected chi connectivity index (χ2v) is 8.53. The Morgan fingerprint density at radius 1 is 1.18 bits per heavy atom. The highest BCUT2D eigenvalue weighted by Crippen LogP contribution is 2.31. The first-order valence-corrected chi connectivity index (χ1v) is 11.0. The summed E-state index contributed by atoms with van der Waals surface area (Å²) in [5.74, 6) is 0.376. The predicted octanol–water partition coefficient (Wildman–Crippen LogP) is 4.60. The lowest BCUT2D eigenvalue weighted by Gasteiger charge is -2.40. The molecule has 7 nitrogen and oxygen atoms in total. The van der Waals surface area contributed by atoms with Crippen LogP contribution >= 0.6 is 11.6 Å². The lowest BCUT2D eigenvalue weighted by Crippen LogP contribution is -2.48. The van der Waals surface area contributed by atoms with Gasteiger partial charge in [0, 0.05) is 36.4 Å². The Balaban J connectivity index is 1.55. The maximum Gasteiger partial charge on any atom is 0.419 e. The second-order valence-electron chi connectivity index (χ2n) is 8.09. The number of benzene rings is 1. The van der Waals surface area contributed by atoms with Gasteiger partial charge >= 0.3 is 6.18 Å². The van der Waals surface area contributed by atoms with Gasteiger partial charge in [0.1, 0.15) is 5.82 Å². The third-order valence-corrected chi connectivity index (χ3v) is 6.13. The van der Waals surface area contributed by atoms with Gasteiger partial charge in [-0.05, 0) is 43.4 Å². The number of aromatic nitrogens is 5. The topological polar surface area (TPSA) is 76.8 Å². The average Bonchev–Trinajstić information content (AvgIpc) is 3.32. The summed E-state index contributed by atoms with van der Waals surface area (Å²) in [5, 5.41) is 8.72. The number of alkyl halides is 3. The predicted molar refractivity (Wildman–Crippen MR) is 115 cm³/mol. The van der Waals surface area contributed by atoms with E-state index >= 15 is 0 Å². The van der Waals surface area contributed by atoms with E-state index in [4.69, 9.17) is 11.6 Å². The summed E-state index contributed by atoms with van der Waals surface area (Å²) in [6.07, 6.45) is 2.89. The molecule has 0 bridgehead atoms. The fourth-order valence-corrected chi connectivity index (χ4v) is 4.36. The van der Waals surface area contributed by atoms with Crippen molar-refractivity contribution >= 4 is 17.5 Å². The number of halogens is 4. The van der Waals surface area contributed by atoms with E-state index in [1.807, 2.05) is 4.90 Å². The van der Waals surface area contributed by atoms with E-state index in [0.717, 1.165) is 25.2 Å². The van der Waals surface area contributed by atoms with Gasteiger partial charge in [0.2, 0.25) is 0 Å². The number of hydrogen-bond donors (Lipinski definition) is 0. The van der Waals surface area contributed by atoms with Crippen LogP contribution in [-0.4, -0.2) is 48.4 Å². The van der Waals surface area contributed by atoms with Crippen LogP contribution in [0, 0.1) is 5.92 Å². The number of aryl methyl sites for hydroxylation is 1. The molecule has 11 heteroatoms. The molecule has 0 radical (unpaired) electrons. The lowest BCUT2D eigenvalue weighted by molar-refractivity contribution is -0.138. The molecule has 1 aromatic carbocycles. The van der Waals surface area contributed by atoms with Gasteiger partial charge in [-0.2, -0.15) is 28.2 Å². The molecule has 0 aliphatic carbocycles. The number of carbonyl (C=O) groups excluding carboxylic acids is 1. The summed E-state index contributed by atoms with van der Waals surface area (Å²) in [7, 11) is 0. The first-order chi connectivity index (χ1) is 15.7. The average molecular weight is 479 g/mol. The highest BCUT2D eigenvalue weighted by molar-refractivity contribution is 6.31. The van der Waals surface area contributed by atoms with Crippen LogP contribution < -0.4 is 0 Å². The molecule has 0 unspecified atom stereocenters. The van der Waals surface area contributed by atoms with Crippen LogP contribution in [0.2, 0.25) is 5.02 Å². The number of carbonyl (C=O) groups is 1. The molecule has 0 saturated carbocycles. The molecule has 1 amide bonds. The normalized spacial score (nSPS) is 19.0. The highest BCUT2D eigenvalue weighted by Gasteiger charge is 2.34. The summed E-state index contributed by atoms with van der Waals surface area (Å²) in [4.78, 5) is 24.5. The fourth-order valence-electron chi connectivity index (χ4n) is 4.19. The molecule has 0 N–H and O–H groups in total. The van der Waals surface area contributed by atoms with Crippen LogP contribution in [-0.2, 0) is 12.6 Å². The van der Waals surface area contributed by atoms with E-state index < -0.39 is 11.7 Å².